The zero-order valence-corrected chi connectivity index (χ0v) is 18.7. The molecule has 1 aliphatic rings. The number of ketones is 1. The van der Waals surface area contributed by atoms with Gasteiger partial charge >= 0.3 is 5.91 Å². The van der Waals surface area contributed by atoms with Crippen LogP contribution in [0.25, 0.3) is 16.0 Å². The molecule has 2 aromatic carbocycles. The monoisotopic (exact) mass is 457 g/mol. The number of nitrogens with zero attached hydrogens (tertiary/aromatic N) is 3. The van der Waals surface area contributed by atoms with Crippen LogP contribution >= 0.6 is 11.3 Å². The second-order valence-electron chi connectivity index (χ2n) is 7.66. The highest BCUT2D eigenvalue weighted by Crippen LogP contribution is 2.44. The Kier molecular flexibility index (Phi) is 5.14. The van der Waals surface area contributed by atoms with E-state index in [0.29, 0.717) is 22.0 Å². The van der Waals surface area contributed by atoms with E-state index in [0.717, 1.165) is 15.8 Å². The van der Waals surface area contributed by atoms with Crippen molar-refractivity contribution in [1.29, 1.82) is 0 Å². The van der Waals surface area contributed by atoms with Crippen molar-refractivity contribution in [1.82, 2.24) is 9.97 Å². The molecule has 0 aliphatic carbocycles. The maximum Gasteiger partial charge on any atom is 0.301 e. The number of aromatic nitrogens is 2. The standard InChI is InChI=1S/C25H19N3O4S/c1-14-8-9-18-19(11-14)33-25(27-18)28-21(16-6-4-10-26-13-16)20(23(30)24(28)31)22(29)15-5-3-7-17(12-15)32-2/h3-13,21,29H,1-2H3/b22-20+. The maximum absolute atomic E-state index is 13.3. The molecule has 0 saturated carbocycles. The van der Waals surface area contributed by atoms with Crippen LogP contribution in [0.3, 0.4) is 0 Å². The average Bonchev–Trinajstić information content (AvgIpc) is 3.37. The van der Waals surface area contributed by atoms with E-state index in [1.807, 2.05) is 25.1 Å². The third-order valence-electron chi connectivity index (χ3n) is 5.53. The summed E-state index contributed by atoms with van der Waals surface area (Å²) in [5, 5.41) is 11.6. The summed E-state index contributed by atoms with van der Waals surface area (Å²) in [6.45, 7) is 1.98. The first kappa shape index (κ1) is 20.8. The van der Waals surface area contributed by atoms with Crippen LogP contribution in [0.5, 0.6) is 5.75 Å². The number of amides is 1. The van der Waals surface area contributed by atoms with Gasteiger partial charge in [0.15, 0.2) is 5.13 Å². The van der Waals surface area contributed by atoms with E-state index in [1.54, 1.807) is 48.8 Å². The summed E-state index contributed by atoms with van der Waals surface area (Å²) in [6, 6.07) is 15.2. The minimum Gasteiger partial charge on any atom is -0.507 e. The average molecular weight is 458 g/mol. The topological polar surface area (TPSA) is 92.6 Å². The number of rotatable bonds is 4. The molecule has 3 heterocycles. The molecule has 1 atom stereocenters. The van der Waals surface area contributed by atoms with Crippen LogP contribution in [0, 0.1) is 6.92 Å². The van der Waals surface area contributed by atoms with E-state index >= 15 is 0 Å². The van der Waals surface area contributed by atoms with Crippen LogP contribution in [0.2, 0.25) is 0 Å². The quantitative estimate of drug-likeness (QED) is 0.273. The van der Waals surface area contributed by atoms with Crippen LogP contribution in [0.15, 0.2) is 72.6 Å². The van der Waals surface area contributed by atoms with Crippen molar-refractivity contribution < 1.29 is 19.4 Å². The van der Waals surface area contributed by atoms with Crippen LogP contribution in [-0.4, -0.2) is 33.9 Å². The number of ether oxygens (including phenoxy) is 1. The molecule has 0 radical (unpaired) electrons. The van der Waals surface area contributed by atoms with Crippen molar-refractivity contribution >= 4 is 44.1 Å². The van der Waals surface area contributed by atoms with Crippen LogP contribution in [-0.2, 0) is 9.59 Å². The first-order chi connectivity index (χ1) is 16.0. The van der Waals surface area contributed by atoms with E-state index in [1.165, 1.54) is 23.3 Å². The SMILES string of the molecule is COc1cccc(/C(O)=C2\C(=O)C(=O)N(c3nc4ccc(C)cc4s3)C2c2cccnc2)c1. The summed E-state index contributed by atoms with van der Waals surface area (Å²) >= 11 is 1.33. The van der Waals surface area contributed by atoms with Crippen LogP contribution in [0.1, 0.15) is 22.7 Å². The highest BCUT2D eigenvalue weighted by atomic mass is 32.1. The van der Waals surface area contributed by atoms with Gasteiger partial charge in [0.2, 0.25) is 0 Å². The predicted molar refractivity (Wildman–Crippen MR) is 126 cm³/mol. The number of methoxy groups -OCH3 is 1. The smallest absolute Gasteiger partial charge is 0.301 e. The highest BCUT2D eigenvalue weighted by molar-refractivity contribution is 7.22. The summed E-state index contributed by atoms with van der Waals surface area (Å²) in [7, 11) is 1.52. The number of anilines is 1. The van der Waals surface area contributed by atoms with Gasteiger partial charge in [0.25, 0.3) is 5.78 Å². The summed E-state index contributed by atoms with van der Waals surface area (Å²) < 4.78 is 6.15. The second-order valence-corrected chi connectivity index (χ2v) is 8.66. The Morgan fingerprint density at radius 3 is 2.73 bits per heavy atom. The van der Waals surface area contributed by atoms with Crippen molar-refractivity contribution in [3.63, 3.8) is 0 Å². The highest BCUT2D eigenvalue weighted by Gasteiger charge is 2.48. The number of thiazole rings is 1. The molecule has 1 fully saturated rings. The molecule has 4 aromatic rings. The Balaban J connectivity index is 1.72. The minimum absolute atomic E-state index is 0.0170. The molecule has 2 aromatic heterocycles. The number of carbonyl (C=O) groups is 2. The fourth-order valence-electron chi connectivity index (χ4n) is 3.93. The van der Waals surface area contributed by atoms with Gasteiger partial charge in [-0.3, -0.25) is 19.5 Å². The summed E-state index contributed by atoms with van der Waals surface area (Å²) in [5.41, 5.74) is 2.76. The molecular formula is C25H19N3O4S. The molecule has 0 bridgehead atoms. The van der Waals surface area contributed by atoms with E-state index in [-0.39, 0.29) is 11.3 Å². The first-order valence-electron chi connectivity index (χ1n) is 10.2. The lowest BCUT2D eigenvalue weighted by molar-refractivity contribution is -0.132. The third kappa shape index (κ3) is 3.54. The molecular weight excluding hydrogens is 438 g/mol. The van der Waals surface area contributed by atoms with Gasteiger partial charge in [-0.25, -0.2) is 4.98 Å². The predicted octanol–water partition coefficient (Wildman–Crippen LogP) is 4.63. The summed E-state index contributed by atoms with van der Waals surface area (Å²) in [5.74, 6) is -1.28. The van der Waals surface area contributed by atoms with Gasteiger partial charge in [-0.2, -0.15) is 0 Å². The molecule has 1 amide bonds. The van der Waals surface area contributed by atoms with E-state index < -0.39 is 17.7 Å². The van der Waals surface area contributed by atoms with E-state index in [2.05, 4.69) is 9.97 Å². The largest absolute Gasteiger partial charge is 0.507 e. The lowest BCUT2D eigenvalue weighted by Crippen LogP contribution is -2.29. The Bertz CT molecular complexity index is 1430. The Hall–Kier alpha value is -4.04. The van der Waals surface area contributed by atoms with Gasteiger partial charge in [-0.1, -0.05) is 35.6 Å². The number of aliphatic hydroxyl groups is 1. The zero-order valence-electron chi connectivity index (χ0n) is 17.9. The number of aliphatic hydroxyl groups excluding tert-OH is 1. The van der Waals surface area contributed by atoms with E-state index in [9.17, 15) is 14.7 Å². The Labute approximate surface area is 193 Å². The molecule has 33 heavy (non-hydrogen) atoms. The molecule has 1 saturated heterocycles. The fourth-order valence-corrected chi connectivity index (χ4v) is 5.02. The first-order valence-corrected chi connectivity index (χ1v) is 11.0. The van der Waals surface area contributed by atoms with Gasteiger partial charge in [-0.15, -0.1) is 0 Å². The number of pyridine rings is 1. The van der Waals surface area contributed by atoms with Gasteiger partial charge in [0, 0.05) is 18.0 Å². The van der Waals surface area contributed by atoms with Crippen molar-refractivity contribution in [2.24, 2.45) is 0 Å². The normalized spacial score (nSPS) is 17.6. The zero-order chi connectivity index (χ0) is 23.1. The number of Topliss-reactive ketones (excluding diaryl/α,β-unsaturated/α-hetero) is 1. The molecule has 5 rings (SSSR count). The number of hydrogen-bond donors (Lipinski definition) is 1. The van der Waals surface area contributed by atoms with Gasteiger partial charge < -0.3 is 9.84 Å². The van der Waals surface area contributed by atoms with Crippen molar-refractivity contribution in [3.05, 3.63) is 89.3 Å². The summed E-state index contributed by atoms with van der Waals surface area (Å²) in [4.78, 5) is 36.6. The number of carbonyl (C=O) groups excluding carboxylic acids is 2. The Morgan fingerprint density at radius 2 is 1.97 bits per heavy atom. The Morgan fingerprint density at radius 1 is 1.12 bits per heavy atom. The van der Waals surface area contributed by atoms with E-state index in [4.69, 9.17) is 4.74 Å². The molecule has 1 unspecified atom stereocenters. The van der Waals surface area contributed by atoms with Crippen LogP contribution in [0.4, 0.5) is 5.13 Å². The van der Waals surface area contributed by atoms with Gasteiger partial charge in [-0.05, 0) is 48.4 Å². The van der Waals surface area contributed by atoms with Crippen LogP contribution < -0.4 is 9.64 Å². The van der Waals surface area contributed by atoms with Gasteiger partial charge in [0.05, 0.1) is 28.9 Å². The van der Waals surface area contributed by atoms with Crippen molar-refractivity contribution in [3.8, 4) is 5.75 Å². The number of hydrogen-bond acceptors (Lipinski definition) is 7. The van der Waals surface area contributed by atoms with Crippen molar-refractivity contribution in [2.75, 3.05) is 12.0 Å². The molecule has 0 spiro atoms. The molecule has 7 nitrogen and oxygen atoms in total. The van der Waals surface area contributed by atoms with Gasteiger partial charge in [0.1, 0.15) is 11.5 Å². The molecule has 1 N–H and O–H groups in total. The molecule has 1 aliphatic heterocycles. The lowest BCUT2D eigenvalue weighted by Gasteiger charge is -2.22. The number of benzene rings is 2. The van der Waals surface area contributed by atoms with Crippen molar-refractivity contribution in [2.45, 2.75) is 13.0 Å². The second kappa shape index (κ2) is 8.14. The molecule has 164 valence electrons. The summed E-state index contributed by atoms with van der Waals surface area (Å²) in [6.07, 6.45) is 3.19. The third-order valence-corrected chi connectivity index (χ3v) is 6.54. The minimum atomic E-state index is -0.869. The molecule has 8 heteroatoms. The number of fused-ring (bicyclic) bond motifs is 1. The fraction of sp³-hybridized carbons (Fsp3) is 0.120. The lowest BCUT2D eigenvalue weighted by atomic mass is 9.96. The maximum atomic E-state index is 13.3. The number of aryl methyl sites for hydroxylation is 1.